The maximum atomic E-state index is 12.9. The molecule has 20 heavy (non-hydrogen) atoms. The molecule has 0 saturated carbocycles. The van der Waals surface area contributed by atoms with Gasteiger partial charge in [0, 0.05) is 34.4 Å². The molecule has 4 heteroatoms. The van der Waals surface area contributed by atoms with Crippen LogP contribution in [0.4, 0.5) is 0 Å². The van der Waals surface area contributed by atoms with E-state index in [4.69, 9.17) is 0 Å². The Bertz CT molecular complexity index is 603. The molecule has 1 aromatic rings. The molecular weight excluding hydrogens is 270 g/mol. The van der Waals surface area contributed by atoms with E-state index in [1.807, 2.05) is 43.0 Å². The molecule has 0 aromatic heterocycles. The van der Waals surface area contributed by atoms with Crippen molar-refractivity contribution >= 4 is 16.7 Å². The molecule has 0 aliphatic carbocycles. The van der Waals surface area contributed by atoms with E-state index in [1.165, 1.54) is 0 Å². The van der Waals surface area contributed by atoms with Gasteiger partial charge in [-0.25, -0.2) is 4.21 Å². The average molecular weight is 289 g/mol. The second-order valence-corrected chi connectivity index (χ2v) is 7.10. The van der Waals surface area contributed by atoms with Crippen LogP contribution in [-0.4, -0.2) is 21.6 Å². The monoisotopic (exact) mass is 289 g/mol. The molecule has 0 bridgehead atoms. The minimum absolute atomic E-state index is 0.0778. The van der Waals surface area contributed by atoms with Crippen molar-refractivity contribution in [1.29, 1.82) is 0 Å². The summed E-state index contributed by atoms with van der Waals surface area (Å²) in [7, 11) is -1.15. The van der Waals surface area contributed by atoms with E-state index in [0.717, 1.165) is 40.4 Å². The highest BCUT2D eigenvalue weighted by atomic mass is 32.2. The zero-order valence-electron chi connectivity index (χ0n) is 11.9. The third-order valence-corrected chi connectivity index (χ3v) is 5.81. The van der Waals surface area contributed by atoms with E-state index in [-0.39, 0.29) is 11.8 Å². The number of benzene rings is 1. The largest absolute Gasteiger partial charge is 0.315 e. The quantitative estimate of drug-likeness (QED) is 0.839. The molecule has 3 rings (SSSR count). The Balaban J connectivity index is 2.02. The number of carbonyl (C=O) groups is 1. The van der Waals surface area contributed by atoms with Crippen LogP contribution in [0.1, 0.15) is 31.7 Å². The Hall–Kier alpha value is -1.42. The average Bonchev–Trinajstić information content (AvgIpc) is 2.88. The van der Waals surface area contributed by atoms with Gasteiger partial charge in [-0.3, -0.25) is 4.79 Å². The fourth-order valence-electron chi connectivity index (χ4n) is 3.03. The van der Waals surface area contributed by atoms with Gasteiger partial charge < -0.3 is 4.90 Å². The minimum atomic E-state index is -1.15. The van der Waals surface area contributed by atoms with Crippen LogP contribution in [0.2, 0.25) is 0 Å². The second-order valence-electron chi connectivity index (χ2n) is 5.65. The molecule has 1 saturated heterocycles. The molecule has 2 atom stereocenters. The predicted molar refractivity (Wildman–Crippen MR) is 79.3 cm³/mol. The number of nitrogens with zero attached hydrogens (tertiary/aromatic N) is 1. The predicted octanol–water partition coefficient (Wildman–Crippen LogP) is 2.98. The van der Waals surface area contributed by atoms with Crippen LogP contribution in [0.5, 0.6) is 0 Å². The third-order valence-electron chi connectivity index (χ3n) is 4.07. The van der Waals surface area contributed by atoms with Crippen molar-refractivity contribution in [1.82, 2.24) is 4.90 Å². The van der Waals surface area contributed by atoms with Crippen LogP contribution in [0.25, 0.3) is 0 Å². The molecule has 1 fully saturated rings. The standard InChI is InChI=1S/C16H19NO2S/c1-11-5-7-13(8-6-11)20(19)16-12(2)10-15(18)17-9-3-4-14(16)17/h5-8,12H,3-4,9-10H2,1-2H3. The summed E-state index contributed by atoms with van der Waals surface area (Å²) in [5.41, 5.74) is 2.19. The third kappa shape index (κ3) is 2.22. The zero-order chi connectivity index (χ0) is 14.3. The number of hydrogen-bond donors (Lipinski definition) is 0. The molecule has 2 aliphatic heterocycles. The molecule has 2 heterocycles. The summed E-state index contributed by atoms with van der Waals surface area (Å²) in [6, 6.07) is 7.84. The number of amides is 1. The van der Waals surface area contributed by atoms with Gasteiger partial charge in [-0.1, -0.05) is 24.6 Å². The molecule has 1 aromatic carbocycles. The molecule has 0 radical (unpaired) electrons. The molecular formula is C16H19NO2S. The Labute approximate surface area is 122 Å². The van der Waals surface area contributed by atoms with E-state index >= 15 is 0 Å². The fraction of sp³-hybridized carbons (Fsp3) is 0.438. The van der Waals surface area contributed by atoms with E-state index in [1.54, 1.807) is 0 Å². The van der Waals surface area contributed by atoms with Crippen molar-refractivity contribution in [2.24, 2.45) is 5.92 Å². The zero-order valence-corrected chi connectivity index (χ0v) is 12.7. The Morgan fingerprint density at radius 2 is 1.95 bits per heavy atom. The van der Waals surface area contributed by atoms with E-state index in [9.17, 15) is 9.00 Å². The second kappa shape index (κ2) is 5.17. The lowest BCUT2D eigenvalue weighted by Gasteiger charge is -2.30. The van der Waals surface area contributed by atoms with Gasteiger partial charge in [-0.15, -0.1) is 0 Å². The highest BCUT2D eigenvalue weighted by Gasteiger charge is 2.36. The number of rotatable bonds is 2. The fourth-order valence-corrected chi connectivity index (χ4v) is 4.55. The first-order valence-corrected chi connectivity index (χ1v) is 8.25. The molecule has 0 spiro atoms. The smallest absolute Gasteiger partial charge is 0.227 e. The molecule has 1 amide bonds. The van der Waals surface area contributed by atoms with Gasteiger partial charge in [-0.05, 0) is 31.9 Å². The van der Waals surface area contributed by atoms with E-state index in [0.29, 0.717) is 6.42 Å². The number of hydrogen-bond acceptors (Lipinski definition) is 2. The first kappa shape index (κ1) is 13.6. The number of fused-ring (bicyclic) bond motifs is 1. The van der Waals surface area contributed by atoms with Gasteiger partial charge >= 0.3 is 0 Å². The van der Waals surface area contributed by atoms with Gasteiger partial charge in [0.25, 0.3) is 0 Å². The molecule has 2 aliphatic rings. The summed E-state index contributed by atoms with van der Waals surface area (Å²) >= 11 is 0. The lowest BCUT2D eigenvalue weighted by atomic mass is 10.0. The van der Waals surface area contributed by atoms with Gasteiger partial charge in [0.05, 0.1) is 10.8 Å². The molecule has 106 valence electrons. The normalized spacial score (nSPS) is 24.0. The van der Waals surface area contributed by atoms with Crippen LogP contribution in [0.15, 0.2) is 39.8 Å². The summed E-state index contributed by atoms with van der Waals surface area (Å²) in [4.78, 5) is 15.7. The Kier molecular flexibility index (Phi) is 3.50. The van der Waals surface area contributed by atoms with Gasteiger partial charge in [-0.2, -0.15) is 0 Å². The van der Waals surface area contributed by atoms with Crippen molar-refractivity contribution in [3.63, 3.8) is 0 Å². The van der Waals surface area contributed by atoms with Gasteiger partial charge in [0.15, 0.2) is 0 Å². The SMILES string of the molecule is Cc1ccc(S(=O)C2=C3CCCN3C(=O)CC2C)cc1. The highest BCUT2D eigenvalue weighted by Crippen LogP contribution is 2.38. The summed E-state index contributed by atoms with van der Waals surface area (Å²) in [6.45, 7) is 4.83. The van der Waals surface area contributed by atoms with Crippen LogP contribution in [-0.2, 0) is 15.6 Å². The van der Waals surface area contributed by atoms with Gasteiger partial charge in [0.1, 0.15) is 0 Å². The first-order valence-electron chi connectivity index (χ1n) is 7.10. The first-order chi connectivity index (χ1) is 9.58. The van der Waals surface area contributed by atoms with Gasteiger partial charge in [0.2, 0.25) is 5.91 Å². The topological polar surface area (TPSA) is 37.4 Å². The van der Waals surface area contributed by atoms with Crippen LogP contribution >= 0.6 is 0 Å². The Morgan fingerprint density at radius 1 is 1.25 bits per heavy atom. The van der Waals surface area contributed by atoms with Crippen molar-refractivity contribution < 1.29 is 9.00 Å². The van der Waals surface area contributed by atoms with Crippen LogP contribution in [0.3, 0.4) is 0 Å². The maximum absolute atomic E-state index is 12.9. The summed E-state index contributed by atoms with van der Waals surface area (Å²) < 4.78 is 12.9. The Morgan fingerprint density at radius 3 is 2.65 bits per heavy atom. The van der Waals surface area contributed by atoms with Crippen LogP contribution < -0.4 is 0 Å². The van der Waals surface area contributed by atoms with Crippen LogP contribution in [0, 0.1) is 12.8 Å². The molecule has 0 N–H and O–H groups in total. The summed E-state index contributed by atoms with van der Waals surface area (Å²) in [6.07, 6.45) is 2.35. The van der Waals surface area contributed by atoms with Crippen molar-refractivity contribution in [2.45, 2.75) is 38.0 Å². The van der Waals surface area contributed by atoms with E-state index < -0.39 is 10.8 Å². The molecule has 3 nitrogen and oxygen atoms in total. The number of aryl methyl sites for hydroxylation is 1. The minimum Gasteiger partial charge on any atom is -0.315 e. The van der Waals surface area contributed by atoms with Crippen molar-refractivity contribution in [2.75, 3.05) is 6.54 Å². The lowest BCUT2D eigenvalue weighted by molar-refractivity contribution is -0.130. The highest BCUT2D eigenvalue weighted by molar-refractivity contribution is 7.89. The lowest BCUT2D eigenvalue weighted by Crippen LogP contribution is -2.34. The summed E-state index contributed by atoms with van der Waals surface area (Å²) in [5.74, 6) is 0.267. The van der Waals surface area contributed by atoms with Crippen molar-refractivity contribution in [3.8, 4) is 0 Å². The van der Waals surface area contributed by atoms with Crippen molar-refractivity contribution in [3.05, 3.63) is 40.4 Å². The number of allylic oxidation sites excluding steroid dienone is 2. The number of carbonyl (C=O) groups excluding carboxylic acids is 1. The molecule has 2 unspecified atom stereocenters. The van der Waals surface area contributed by atoms with E-state index in [2.05, 4.69) is 0 Å². The summed E-state index contributed by atoms with van der Waals surface area (Å²) in [5, 5.41) is 0. The maximum Gasteiger partial charge on any atom is 0.227 e.